The van der Waals surface area contributed by atoms with Crippen LogP contribution in [0.4, 0.5) is 0 Å². The number of carboxylic acids is 1. The third-order valence-electron chi connectivity index (χ3n) is 3.82. The molecule has 9 nitrogen and oxygen atoms in total. The molecule has 0 saturated carbocycles. The van der Waals surface area contributed by atoms with Crippen LogP contribution in [0.25, 0.3) is 0 Å². The summed E-state index contributed by atoms with van der Waals surface area (Å²) in [5.74, 6) is -1.32. The lowest BCUT2D eigenvalue weighted by Gasteiger charge is -2.35. The molecule has 1 heterocycles. The van der Waals surface area contributed by atoms with Crippen molar-refractivity contribution in [2.24, 2.45) is 0 Å². The quantitative estimate of drug-likeness (QED) is 0.451. The van der Waals surface area contributed by atoms with Gasteiger partial charge < -0.3 is 14.7 Å². The van der Waals surface area contributed by atoms with Gasteiger partial charge in [-0.2, -0.15) is 4.31 Å². The topological polar surface area (TPSA) is 107 Å². The maximum absolute atomic E-state index is 12.4. The third-order valence-corrected chi connectivity index (χ3v) is 5.04. The predicted molar refractivity (Wildman–Crippen MR) is 104 cm³/mol. The van der Waals surface area contributed by atoms with Crippen LogP contribution in [-0.2, 0) is 24.3 Å². The smallest absolute Gasteiger partial charge is 0.318 e. The van der Waals surface area contributed by atoms with Crippen molar-refractivity contribution >= 4 is 34.3 Å². The molecule has 1 aliphatic heterocycles. The monoisotopic (exact) mass is 425 g/mol. The Morgan fingerprint density at radius 3 is 2.37 bits per heavy atom. The summed E-state index contributed by atoms with van der Waals surface area (Å²) in [5, 5.41) is 8.89. The number of rotatable bonds is 11. The zero-order valence-electron chi connectivity index (χ0n) is 15.4. The van der Waals surface area contributed by atoms with Crippen molar-refractivity contribution in [1.29, 1.82) is 0 Å². The number of halogens is 1. The molecule has 1 unspecified atom stereocenters. The van der Waals surface area contributed by atoms with Crippen LogP contribution in [0.15, 0.2) is 25.3 Å². The van der Waals surface area contributed by atoms with Crippen molar-refractivity contribution < 1.29 is 27.9 Å². The van der Waals surface area contributed by atoms with Crippen LogP contribution >= 0.6 is 12.4 Å². The highest BCUT2D eigenvalue weighted by Gasteiger charge is 2.29. The molecular formula is C16H28ClN3O6S. The summed E-state index contributed by atoms with van der Waals surface area (Å²) < 4.78 is 29.9. The van der Waals surface area contributed by atoms with Crippen LogP contribution in [0.1, 0.15) is 0 Å². The lowest BCUT2D eigenvalue weighted by molar-refractivity contribution is -0.137. The Bertz CT molecular complexity index is 618. The van der Waals surface area contributed by atoms with E-state index in [1.807, 2.05) is 4.90 Å². The highest BCUT2D eigenvalue weighted by atomic mass is 35.5. The summed E-state index contributed by atoms with van der Waals surface area (Å²) >= 11 is 0. The normalized spacial score (nSPS) is 17.8. The Morgan fingerprint density at radius 1 is 1.30 bits per heavy atom. The van der Waals surface area contributed by atoms with E-state index in [0.717, 1.165) is 10.6 Å². The van der Waals surface area contributed by atoms with Crippen molar-refractivity contribution in [1.82, 2.24) is 14.1 Å². The number of sulfonamides is 1. The molecule has 0 radical (unpaired) electrons. The minimum absolute atomic E-state index is 0. The molecule has 1 amide bonds. The minimum Gasteiger partial charge on any atom is -0.480 e. The van der Waals surface area contributed by atoms with Gasteiger partial charge in [0.15, 0.2) is 0 Å². The van der Waals surface area contributed by atoms with E-state index in [4.69, 9.17) is 9.84 Å². The number of carboxylic acid groups (broad SMARTS) is 1. The number of morpholine rings is 1. The average Bonchev–Trinajstić information content (AvgIpc) is 2.53. The summed E-state index contributed by atoms with van der Waals surface area (Å²) in [6.07, 6.45) is 3.74. The number of nitrogens with zero attached hydrogens (tertiary/aromatic N) is 3. The van der Waals surface area contributed by atoms with Crippen LogP contribution in [0.2, 0.25) is 0 Å². The van der Waals surface area contributed by atoms with Gasteiger partial charge in [0.1, 0.15) is 6.54 Å². The Morgan fingerprint density at radius 2 is 1.89 bits per heavy atom. The van der Waals surface area contributed by atoms with Gasteiger partial charge in [-0.15, -0.1) is 25.6 Å². The van der Waals surface area contributed by atoms with E-state index in [0.29, 0.717) is 32.8 Å². The molecule has 1 rings (SSSR count). The number of ether oxygens (including phenoxy) is 1. The lowest BCUT2D eigenvalue weighted by atomic mass is 10.2. The molecule has 0 aromatic heterocycles. The van der Waals surface area contributed by atoms with Gasteiger partial charge in [-0.05, 0) is 0 Å². The van der Waals surface area contributed by atoms with E-state index in [1.165, 1.54) is 0 Å². The maximum Gasteiger partial charge on any atom is 0.318 e. The van der Waals surface area contributed by atoms with Gasteiger partial charge in [0.2, 0.25) is 15.9 Å². The summed E-state index contributed by atoms with van der Waals surface area (Å²) in [5.41, 5.74) is 0. The van der Waals surface area contributed by atoms with Gasteiger partial charge in [-0.25, -0.2) is 8.42 Å². The fourth-order valence-corrected chi connectivity index (χ4v) is 3.39. The van der Waals surface area contributed by atoms with E-state index in [9.17, 15) is 18.0 Å². The Hall–Kier alpha value is -1.46. The van der Waals surface area contributed by atoms with Crippen LogP contribution in [0.3, 0.4) is 0 Å². The summed E-state index contributed by atoms with van der Waals surface area (Å²) in [7, 11) is -3.67. The molecule has 0 aliphatic carbocycles. The fourth-order valence-electron chi connectivity index (χ4n) is 2.61. The number of hydrogen-bond acceptors (Lipinski definition) is 6. The molecule has 0 spiro atoms. The predicted octanol–water partition coefficient (Wildman–Crippen LogP) is -0.344. The molecule has 1 fully saturated rings. The van der Waals surface area contributed by atoms with E-state index in [-0.39, 0.29) is 31.4 Å². The molecule has 0 bridgehead atoms. The van der Waals surface area contributed by atoms with Gasteiger partial charge in [-0.1, -0.05) is 12.2 Å². The Balaban J connectivity index is 0.00000676. The molecule has 156 valence electrons. The van der Waals surface area contributed by atoms with Crippen molar-refractivity contribution in [3.63, 3.8) is 0 Å². The van der Waals surface area contributed by atoms with Crippen molar-refractivity contribution in [2.75, 3.05) is 58.7 Å². The second-order valence-corrected chi connectivity index (χ2v) is 8.04. The van der Waals surface area contributed by atoms with E-state index in [1.54, 1.807) is 17.1 Å². The van der Waals surface area contributed by atoms with E-state index < -0.39 is 28.6 Å². The van der Waals surface area contributed by atoms with Gasteiger partial charge in [-0.3, -0.25) is 14.5 Å². The zero-order valence-corrected chi connectivity index (χ0v) is 17.1. The molecule has 1 saturated heterocycles. The first-order valence-electron chi connectivity index (χ1n) is 8.17. The summed E-state index contributed by atoms with van der Waals surface area (Å²) in [6.45, 7) is 8.79. The fraction of sp³-hybridized carbons (Fsp3) is 0.625. The minimum atomic E-state index is -3.67. The number of carbonyl (C=O) groups is 2. The molecule has 27 heavy (non-hydrogen) atoms. The molecular weight excluding hydrogens is 398 g/mol. The summed E-state index contributed by atoms with van der Waals surface area (Å²) in [4.78, 5) is 26.8. The van der Waals surface area contributed by atoms with Crippen LogP contribution in [0, 0.1) is 0 Å². The zero-order chi connectivity index (χ0) is 19.7. The van der Waals surface area contributed by atoms with Crippen molar-refractivity contribution in [2.45, 2.75) is 6.10 Å². The highest BCUT2D eigenvalue weighted by Crippen LogP contribution is 2.10. The molecule has 11 heteroatoms. The van der Waals surface area contributed by atoms with Gasteiger partial charge in [0.05, 0.1) is 25.5 Å². The number of hydrogen-bond donors (Lipinski definition) is 1. The number of amides is 1. The number of carbonyl (C=O) groups excluding carboxylic acids is 1. The first kappa shape index (κ1) is 25.5. The molecule has 1 aliphatic rings. The standard InChI is InChI=1S/C16H27N3O6S.ClH/c1-4-6-18(7-5-2)15(20)12-17-8-9-25-14(10-17)11-19(13-16(21)22)26(3,23)24;/h4-5,14H,1-2,6-13H2,3H3,(H,21,22);1H. The average molecular weight is 426 g/mol. The third kappa shape index (κ3) is 9.34. The van der Waals surface area contributed by atoms with Crippen molar-refractivity contribution in [3.8, 4) is 0 Å². The molecule has 0 aromatic rings. The van der Waals surface area contributed by atoms with E-state index in [2.05, 4.69) is 13.2 Å². The molecule has 1 N–H and O–H groups in total. The first-order chi connectivity index (χ1) is 12.2. The number of aliphatic carboxylic acids is 1. The van der Waals surface area contributed by atoms with Crippen LogP contribution in [-0.4, -0.2) is 104 Å². The molecule has 0 aromatic carbocycles. The Labute approximate surface area is 166 Å². The van der Waals surface area contributed by atoms with Gasteiger partial charge in [0.25, 0.3) is 0 Å². The summed E-state index contributed by atoms with van der Waals surface area (Å²) in [6, 6.07) is 0. The van der Waals surface area contributed by atoms with Gasteiger partial charge in [0, 0.05) is 32.7 Å². The van der Waals surface area contributed by atoms with Crippen LogP contribution in [0.5, 0.6) is 0 Å². The SMILES string of the molecule is C=CCN(CC=C)C(=O)CN1CCOC(CN(CC(=O)O)S(C)(=O)=O)C1.Cl. The molecule has 1 atom stereocenters. The van der Waals surface area contributed by atoms with Gasteiger partial charge >= 0.3 is 5.97 Å². The Kier molecular flexibility index (Phi) is 11.4. The second-order valence-electron chi connectivity index (χ2n) is 6.05. The largest absolute Gasteiger partial charge is 0.480 e. The maximum atomic E-state index is 12.4. The van der Waals surface area contributed by atoms with E-state index >= 15 is 0 Å². The van der Waals surface area contributed by atoms with Crippen LogP contribution < -0.4 is 0 Å². The highest BCUT2D eigenvalue weighted by molar-refractivity contribution is 7.88. The second kappa shape index (κ2) is 12.1. The lowest BCUT2D eigenvalue weighted by Crippen LogP contribution is -2.52. The first-order valence-corrected chi connectivity index (χ1v) is 10.0. The van der Waals surface area contributed by atoms with Crippen molar-refractivity contribution in [3.05, 3.63) is 25.3 Å².